The molecule has 25 heavy (non-hydrogen) atoms. The highest BCUT2D eigenvalue weighted by Gasteiger charge is 2.37. The van der Waals surface area contributed by atoms with Crippen molar-refractivity contribution in [2.45, 2.75) is 4.90 Å². The fourth-order valence-corrected chi connectivity index (χ4v) is 5.09. The molecule has 2 aliphatic heterocycles. The minimum Gasteiger partial charge on any atom is -0.337 e. The molecule has 1 amide bonds. The van der Waals surface area contributed by atoms with Crippen molar-refractivity contribution in [3.63, 3.8) is 0 Å². The third kappa shape index (κ3) is 2.94. The van der Waals surface area contributed by atoms with Crippen molar-refractivity contribution in [1.82, 2.24) is 4.90 Å². The van der Waals surface area contributed by atoms with Gasteiger partial charge in [0.2, 0.25) is 0 Å². The highest BCUT2D eigenvalue weighted by Crippen LogP contribution is 2.50. The maximum absolute atomic E-state index is 12.8. The van der Waals surface area contributed by atoms with E-state index in [0.717, 1.165) is 21.3 Å². The first-order chi connectivity index (χ1) is 12.0. The summed E-state index contributed by atoms with van der Waals surface area (Å²) in [5.41, 5.74) is 1.85. The highest BCUT2D eigenvalue weighted by molar-refractivity contribution is 8.19. The molecule has 2 aromatic carbocycles. The molecule has 7 heteroatoms. The van der Waals surface area contributed by atoms with E-state index in [2.05, 4.69) is 4.99 Å². The van der Waals surface area contributed by atoms with Crippen LogP contribution in [0.15, 0.2) is 68.4 Å². The third-order valence-corrected chi connectivity index (χ3v) is 6.67. The summed E-state index contributed by atoms with van der Waals surface area (Å²) in [6.45, 7) is 0. The van der Waals surface area contributed by atoms with Gasteiger partial charge in [0.1, 0.15) is 4.91 Å². The molecule has 0 N–H and O–H groups in total. The van der Waals surface area contributed by atoms with Crippen molar-refractivity contribution in [3.05, 3.63) is 63.5 Å². The van der Waals surface area contributed by atoms with E-state index in [1.54, 1.807) is 23.7 Å². The summed E-state index contributed by atoms with van der Waals surface area (Å²) < 4.78 is 0. The molecule has 2 aromatic rings. The van der Waals surface area contributed by atoms with Crippen molar-refractivity contribution in [3.8, 4) is 0 Å². The zero-order valence-electron chi connectivity index (χ0n) is 13.6. The number of likely N-dealkylation sites (N-methyl/N-ethyl adjacent to an activating group) is 1. The van der Waals surface area contributed by atoms with Gasteiger partial charge in [-0.2, -0.15) is 0 Å². The van der Waals surface area contributed by atoms with Crippen molar-refractivity contribution in [2.24, 2.45) is 4.99 Å². The average Bonchev–Trinajstić information content (AvgIpc) is 3.08. The first-order valence-corrected chi connectivity index (χ1v) is 9.61. The second-order valence-electron chi connectivity index (χ2n) is 5.60. The molecule has 0 unspecified atom stereocenters. The van der Waals surface area contributed by atoms with Crippen LogP contribution in [0.4, 0.5) is 11.4 Å². The maximum atomic E-state index is 12.8. The van der Waals surface area contributed by atoms with E-state index in [0.29, 0.717) is 15.1 Å². The number of halogens is 1. The molecule has 2 heterocycles. The van der Waals surface area contributed by atoms with Crippen LogP contribution in [0.25, 0.3) is 0 Å². The van der Waals surface area contributed by atoms with Crippen molar-refractivity contribution < 1.29 is 4.79 Å². The van der Waals surface area contributed by atoms with Crippen LogP contribution in [-0.4, -0.2) is 30.1 Å². The van der Waals surface area contributed by atoms with E-state index in [-0.39, 0.29) is 5.91 Å². The molecule has 0 bridgehead atoms. The number of aliphatic imine (C=N–C) groups is 1. The molecule has 1 fully saturated rings. The summed E-state index contributed by atoms with van der Waals surface area (Å²) in [5.74, 6) is -0.0343. The molecule has 0 radical (unpaired) electrons. The lowest BCUT2D eigenvalue weighted by Gasteiger charge is -2.14. The Morgan fingerprint density at radius 1 is 1.00 bits per heavy atom. The zero-order valence-corrected chi connectivity index (χ0v) is 16.0. The summed E-state index contributed by atoms with van der Waals surface area (Å²) in [6.07, 6.45) is 0. The van der Waals surface area contributed by atoms with Crippen LogP contribution >= 0.6 is 35.1 Å². The number of anilines is 1. The number of carbonyl (C=O) groups is 1. The maximum Gasteiger partial charge on any atom is 0.269 e. The van der Waals surface area contributed by atoms with Crippen LogP contribution in [0, 0.1) is 0 Å². The lowest BCUT2D eigenvalue weighted by molar-refractivity contribution is -0.121. The van der Waals surface area contributed by atoms with Gasteiger partial charge in [-0.05, 0) is 42.1 Å². The smallest absolute Gasteiger partial charge is 0.269 e. The highest BCUT2D eigenvalue weighted by atomic mass is 35.5. The molecule has 126 valence electrons. The molecule has 0 saturated carbocycles. The monoisotopic (exact) mass is 387 g/mol. The van der Waals surface area contributed by atoms with Gasteiger partial charge >= 0.3 is 0 Å². The second-order valence-corrected chi connectivity index (χ2v) is 8.05. The Kier molecular flexibility index (Phi) is 4.27. The topological polar surface area (TPSA) is 35.9 Å². The Bertz CT molecular complexity index is 927. The lowest BCUT2D eigenvalue weighted by Crippen LogP contribution is -2.24. The molecular weight excluding hydrogens is 374 g/mol. The third-order valence-electron chi connectivity index (χ3n) is 3.95. The number of para-hydroxylation sites is 1. The Morgan fingerprint density at radius 2 is 1.76 bits per heavy atom. The summed E-state index contributed by atoms with van der Waals surface area (Å²) in [4.78, 5) is 22.8. The van der Waals surface area contributed by atoms with E-state index < -0.39 is 0 Å². The molecule has 4 nitrogen and oxygen atoms in total. The van der Waals surface area contributed by atoms with Gasteiger partial charge in [0, 0.05) is 24.0 Å². The summed E-state index contributed by atoms with van der Waals surface area (Å²) in [6, 6.07) is 15.4. The van der Waals surface area contributed by atoms with Crippen molar-refractivity contribution >= 4 is 57.6 Å². The van der Waals surface area contributed by atoms with Crippen LogP contribution in [0.3, 0.4) is 0 Å². The fraction of sp³-hybridized carbons (Fsp3) is 0.111. The first-order valence-electron chi connectivity index (χ1n) is 7.59. The Balaban J connectivity index is 1.71. The second kappa shape index (κ2) is 6.44. The average molecular weight is 388 g/mol. The molecular formula is C18H14ClN3OS2. The van der Waals surface area contributed by atoms with E-state index in [4.69, 9.17) is 11.6 Å². The molecule has 1 saturated heterocycles. The van der Waals surface area contributed by atoms with Crippen LogP contribution < -0.4 is 4.90 Å². The number of hydrogen-bond donors (Lipinski definition) is 0. The lowest BCUT2D eigenvalue weighted by atomic mass is 10.3. The molecule has 2 aliphatic rings. The number of amides is 1. The quantitative estimate of drug-likeness (QED) is 0.649. The largest absolute Gasteiger partial charge is 0.337 e. The zero-order chi connectivity index (χ0) is 17.6. The minimum absolute atomic E-state index is 0.0343. The van der Waals surface area contributed by atoms with E-state index in [1.807, 2.05) is 60.5 Å². The van der Waals surface area contributed by atoms with Gasteiger partial charge < -0.3 is 4.90 Å². The fourth-order valence-electron chi connectivity index (χ4n) is 2.61. The van der Waals surface area contributed by atoms with Gasteiger partial charge in [0.25, 0.3) is 5.91 Å². The normalized spacial score (nSPS) is 21.4. The molecule has 0 aliphatic carbocycles. The number of benzene rings is 2. The van der Waals surface area contributed by atoms with Gasteiger partial charge in [0.05, 0.1) is 16.4 Å². The van der Waals surface area contributed by atoms with E-state index >= 15 is 0 Å². The van der Waals surface area contributed by atoms with E-state index in [9.17, 15) is 4.79 Å². The van der Waals surface area contributed by atoms with Crippen molar-refractivity contribution in [2.75, 3.05) is 19.0 Å². The Labute approximate surface area is 159 Å². The van der Waals surface area contributed by atoms with Crippen LogP contribution in [0.2, 0.25) is 5.02 Å². The van der Waals surface area contributed by atoms with Gasteiger partial charge in [-0.25, -0.2) is 4.99 Å². The summed E-state index contributed by atoms with van der Waals surface area (Å²) in [5, 5.41) is 2.28. The molecule has 4 rings (SSSR count). The van der Waals surface area contributed by atoms with Gasteiger partial charge in [-0.3, -0.25) is 9.69 Å². The molecule has 0 aromatic heterocycles. The number of nitrogens with zero attached hydrogens (tertiary/aromatic N) is 3. The standard InChI is InChI=1S/C18H14ClN3OS2/c1-21-13-10-11(19)8-9-14(13)24-17(21)15-16(23)22(2)18(25-15)20-12-6-4-3-5-7-12/h3-10H,1-2H3. The summed E-state index contributed by atoms with van der Waals surface area (Å²) in [7, 11) is 3.71. The predicted octanol–water partition coefficient (Wildman–Crippen LogP) is 4.94. The minimum atomic E-state index is -0.0343. The van der Waals surface area contributed by atoms with Gasteiger partial charge in [-0.15, -0.1) is 0 Å². The predicted molar refractivity (Wildman–Crippen MR) is 107 cm³/mol. The van der Waals surface area contributed by atoms with Gasteiger partial charge in [0.15, 0.2) is 5.17 Å². The number of hydrogen-bond acceptors (Lipinski definition) is 5. The van der Waals surface area contributed by atoms with Crippen LogP contribution in [-0.2, 0) is 4.79 Å². The number of carbonyl (C=O) groups excluding carboxylic acids is 1. The number of amidine groups is 1. The van der Waals surface area contributed by atoms with Gasteiger partial charge in [-0.1, -0.05) is 41.6 Å². The summed E-state index contributed by atoms with van der Waals surface area (Å²) >= 11 is 9.11. The molecule has 0 spiro atoms. The Hall–Kier alpha value is -1.89. The first kappa shape index (κ1) is 16.6. The number of fused-ring (bicyclic) bond motifs is 1. The van der Waals surface area contributed by atoms with Crippen LogP contribution in [0.1, 0.15) is 0 Å². The number of thioether (sulfide) groups is 2. The van der Waals surface area contributed by atoms with Crippen LogP contribution in [0.5, 0.6) is 0 Å². The molecule has 0 atom stereocenters. The Morgan fingerprint density at radius 3 is 2.52 bits per heavy atom. The van der Waals surface area contributed by atoms with Crippen molar-refractivity contribution in [1.29, 1.82) is 0 Å². The SMILES string of the molecule is CN1C(=O)C(=C2Sc3ccc(Cl)cc3N2C)SC1=Nc1ccccc1. The number of rotatable bonds is 1. The van der Waals surface area contributed by atoms with E-state index in [1.165, 1.54) is 11.8 Å².